The summed E-state index contributed by atoms with van der Waals surface area (Å²) in [5.41, 5.74) is -0.273. The molecule has 0 amide bonds. The van der Waals surface area contributed by atoms with Gasteiger partial charge in [-0.1, -0.05) is 20.3 Å². The minimum absolute atomic E-state index is 0.375. The minimum atomic E-state index is -4.26. The third-order valence-electron chi connectivity index (χ3n) is 1.22. The Balaban J connectivity index is 0.000000500. The van der Waals surface area contributed by atoms with Crippen molar-refractivity contribution in [2.75, 3.05) is 0 Å². The highest BCUT2D eigenvalue weighted by molar-refractivity contribution is 5.18. The van der Waals surface area contributed by atoms with Gasteiger partial charge in [-0.05, 0) is 19.1 Å². The molecule has 0 saturated carbocycles. The molecule has 1 heterocycles. The standard InChI is InChI=1S/C7H6F3N.C3H8/c1-5-4-6(2-3-11-5)7(8,9)10;1-3-2/h2-4H,1H3;3H2,1-2H3. The molecule has 1 aromatic heterocycles. The van der Waals surface area contributed by atoms with Crippen molar-refractivity contribution in [3.8, 4) is 0 Å². The molecule has 0 bridgehead atoms. The van der Waals surface area contributed by atoms with Crippen molar-refractivity contribution < 1.29 is 13.2 Å². The van der Waals surface area contributed by atoms with Gasteiger partial charge in [0.1, 0.15) is 0 Å². The first-order chi connectivity index (χ1) is 6.41. The second-order valence-electron chi connectivity index (χ2n) is 2.89. The van der Waals surface area contributed by atoms with Crippen LogP contribution in [0, 0.1) is 6.92 Å². The molecule has 0 radical (unpaired) electrons. The topological polar surface area (TPSA) is 12.9 Å². The molecular formula is C10H14F3N. The van der Waals surface area contributed by atoms with Gasteiger partial charge in [0, 0.05) is 11.9 Å². The summed E-state index contributed by atoms with van der Waals surface area (Å²) in [5, 5.41) is 0. The number of nitrogens with zero attached hydrogens (tertiary/aromatic N) is 1. The molecule has 0 saturated heterocycles. The molecule has 0 fully saturated rings. The third kappa shape index (κ3) is 4.84. The molecule has 0 aliphatic rings. The molecule has 0 N–H and O–H groups in total. The van der Waals surface area contributed by atoms with E-state index in [2.05, 4.69) is 18.8 Å². The van der Waals surface area contributed by atoms with E-state index in [9.17, 15) is 13.2 Å². The van der Waals surface area contributed by atoms with Gasteiger partial charge in [-0.2, -0.15) is 13.2 Å². The van der Waals surface area contributed by atoms with Crippen LogP contribution in [0.15, 0.2) is 18.3 Å². The van der Waals surface area contributed by atoms with Gasteiger partial charge < -0.3 is 0 Å². The van der Waals surface area contributed by atoms with Gasteiger partial charge in [-0.3, -0.25) is 4.98 Å². The van der Waals surface area contributed by atoms with Crippen LogP contribution in [-0.2, 0) is 6.18 Å². The summed E-state index contributed by atoms with van der Waals surface area (Å²) in [6, 6.07) is 1.97. The molecule has 0 aromatic carbocycles. The van der Waals surface area contributed by atoms with Gasteiger partial charge in [-0.25, -0.2) is 0 Å². The predicted molar refractivity (Wildman–Crippen MR) is 49.9 cm³/mol. The quantitative estimate of drug-likeness (QED) is 0.627. The molecule has 80 valence electrons. The molecule has 0 aliphatic carbocycles. The highest BCUT2D eigenvalue weighted by Gasteiger charge is 2.30. The number of aryl methyl sites for hydroxylation is 1. The SMILES string of the molecule is CCC.Cc1cc(C(F)(F)F)ccn1. The van der Waals surface area contributed by atoms with Gasteiger partial charge in [0.2, 0.25) is 0 Å². The Kier molecular flexibility index (Phi) is 5.20. The lowest BCUT2D eigenvalue weighted by atomic mass is 10.2. The fourth-order valence-electron chi connectivity index (χ4n) is 0.722. The maximum absolute atomic E-state index is 11.9. The molecular weight excluding hydrogens is 191 g/mol. The number of aromatic nitrogens is 1. The third-order valence-corrected chi connectivity index (χ3v) is 1.22. The summed E-state index contributed by atoms with van der Waals surface area (Å²) >= 11 is 0. The van der Waals surface area contributed by atoms with E-state index >= 15 is 0 Å². The van der Waals surface area contributed by atoms with Crippen LogP contribution in [0.4, 0.5) is 13.2 Å². The molecule has 0 aliphatic heterocycles. The van der Waals surface area contributed by atoms with Crippen molar-refractivity contribution in [3.05, 3.63) is 29.6 Å². The number of hydrogen-bond acceptors (Lipinski definition) is 1. The molecule has 14 heavy (non-hydrogen) atoms. The monoisotopic (exact) mass is 205 g/mol. The van der Waals surface area contributed by atoms with E-state index in [-0.39, 0.29) is 0 Å². The average Bonchev–Trinajstić information content (AvgIpc) is 2.04. The second kappa shape index (κ2) is 5.62. The lowest BCUT2D eigenvalue weighted by Crippen LogP contribution is -2.05. The van der Waals surface area contributed by atoms with Crippen LogP contribution in [0.3, 0.4) is 0 Å². The Hall–Kier alpha value is -1.06. The predicted octanol–water partition coefficient (Wildman–Crippen LogP) is 3.83. The average molecular weight is 205 g/mol. The zero-order valence-electron chi connectivity index (χ0n) is 8.52. The van der Waals surface area contributed by atoms with E-state index < -0.39 is 11.7 Å². The van der Waals surface area contributed by atoms with E-state index in [1.165, 1.54) is 13.3 Å². The summed E-state index contributed by atoms with van der Waals surface area (Å²) in [4.78, 5) is 3.65. The van der Waals surface area contributed by atoms with Crippen LogP contribution in [-0.4, -0.2) is 4.98 Å². The maximum atomic E-state index is 11.9. The molecule has 0 unspecified atom stereocenters. The molecule has 0 atom stereocenters. The van der Waals surface area contributed by atoms with Crippen LogP contribution in [0.1, 0.15) is 31.5 Å². The lowest BCUT2D eigenvalue weighted by molar-refractivity contribution is -0.137. The largest absolute Gasteiger partial charge is 0.416 e. The summed E-state index contributed by atoms with van der Waals surface area (Å²) in [6.45, 7) is 5.77. The number of pyridine rings is 1. The van der Waals surface area contributed by atoms with Gasteiger partial charge in [-0.15, -0.1) is 0 Å². The highest BCUT2D eigenvalue weighted by Crippen LogP contribution is 2.28. The van der Waals surface area contributed by atoms with Crippen molar-refractivity contribution in [1.29, 1.82) is 0 Å². The maximum Gasteiger partial charge on any atom is 0.416 e. The van der Waals surface area contributed by atoms with Crippen LogP contribution >= 0.6 is 0 Å². The van der Waals surface area contributed by atoms with Gasteiger partial charge >= 0.3 is 6.18 Å². The Labute approximate surface area is 82.0 Å². The van der Waals surface area contributed by atoms with Gasteiger partial charge in [0.05, 0.1) is 5.56 Å². The summed E-state index contributed by atoms with van der Waals surface area (Å²) in [5.74, 6) is 0. The van der Waals surface area contributed by atoms with E-state index in [4.69, 9.17) is 0 Å². The lowest BCUT2D eigenvalue weighted by Gasteiger charge is -2.05. The van der Waals surface area contributed by atoms with E-state index in [1.54, 1.807) is 0 Å². The normalized spacial score (nSPS) is 10.4. The Morgan fingerprint density at radius 1 is 1.29 bits per heavy atom. The molecule has 1 rings (SSSR count). The fourth-order valence-corrected chi connectivity index (χ4v) is 0.722. The Morgan fingerprint density at radius 3 is 2.07 bits per heavy atom. The van der Waals surface area contributed by atoms with E-state index in [1.807, 2.05) is 0 Å². The first-order valence-electron chi connectivity index (χ1n) is 4.41. The minimum Gasteiger partial charge on any atom is -0.262 e. The van der Waals surface area contributed by atoms with Crippen molar-refractivity contribution in [2.24, 2.45) is 0 Å². The number of alkyl halides is 3. The zero-order chi connectivity index (χ0) is 11.2. The molecule has 1 aromatic rings. The summed E-state index contributed by atoms with van der Waals surface area (Å²) < 4.78 is 35.8. The number of hydrogen-bond donors (Lipinski definition) is 0. The van der Waals surface area contributed by atoms with E-state index in [0.717, 1.165) is 18.3 Å². The van der Waals surface area contributed by atoms with E-state index in [0.29, 0.717) is 5.69 Å². The first-order valence-corrected chi connectivity index (χ1v) is 4.41. The van der Waals surface area contributed by atoms with Gasteiger partial charge in [0.25, 0.3) is 0 Å². The van der Waals surface area contributed by atoms with Crippen molar-refractivity contribution in [3.63, 3.8) is 0 Å². The number of rotatable bonds is 0. The van der Waals surface area contributed by atoms with Crippen molar-refractivity contribution in [1.82, 2.24) is 4.98 Å². The molecule has 0 spiro atoms. The molecule has 1 nitrogen and oxygen atoms in total. The fraction of sp³-hybridized carbons (Fsp3) is 0.500. The van der Waals surface area contributed by atoms with Crippen LogP contribution in [0.5, 0.6) is 0 Å². The summed E-state index contributed by atoms with van der Waals surface area (Å²) in [7, 11) is 0. The first kappa shape index (κ1) is 12.9. The second-order valence-corrected chi connectivity index (χ2v) is 2.89. The number of halogens is 3. The summed E-state index contributed by atoms with van der Waals surface area (Å²) in [6.07, 6.45) is -1.86. The van der Waals surface area contributed by atoms with Crippen LogP contribution in [0.2, 0.25) is 0 Å². The smallest absolute Gasteiger partial charge is 0.262 e. The molecule has 4 heteroatoms. The van der Waals surface area contributed by atoms with Crippen LogP contribution in [0.25, 0.3) is 0 Å². The Bertz CT molecular complexity index is 268. The zero-order valence-corrected chi connectivity index (χ0v) is 8.52. The Morgan fingerprint density at radius 2 is 1.79 bits per heavy atom. The highest BCUT2D eigenvalue weighted by atomic mass is 19.4. The van der Waals surface area contributed by atoms with Gasteiger partial charge in [0.15, 0.2) is 0 Å². The van der Waals surface area contributed by atoms with Crippen LogP contribution < -0.4 is 0 Å². The van der Waals surface area contributed by atoms with Crippen molar-refractivity contribution in [2.45, 2.75) is 33.4 Å². The van der Waals surface area contributed by atoms with Crippen molar-refractivity contribution >= 4 is 0 Å².